The number of aliphatic hydroxyl groups excluding tert-OH is 1. The first-order valence-corrected chi connectivity index (χ1v) is 6.13. The highest BCUT2D eigenvalue weighted by molar-refractivity contribution is 6.32. The monoisotopic (exact) mass is 265 g/mol. The number of nitrogens with one attached hydrogen (secondary N) is 1. The zero-order valence-electron chi connectivity index (χ0n) is 10.4. The van der Waals surface area contributed by atoms with E-state index in [0.29, 0.717) is 11.6 Å². The number of likely N-dealkylation sites (N-methyl/N-ethyl adjacent to an activating group) is 1. The van der Waals surface area contributed by atoms with Gasteiger partial charge in [-0.15, -0.1) is 0 Å². The average molecular weight is 266 g/mol. The maximum absolute atomic E-state index is 9.88. The zero-order chi connectivity index (χ0) is 13.1. The Kier molecular flexibility index (Phi) is 4.01. The summed E-state index contributed by atoms with van der Waals surface area (Å²) in [5.41, 5.74) is 1.67. The van der Waals surface area contributed by atoms with Crippen molar-refractivity contribution in [2.75, 3.05) is 13.6 Å². The molecule has 0 saturated heterocycles. The Balaban J connectivity index is 2.34. The lowest BCUT2D eigenvalue weighted by molar-refractivity contribution is 0.178. The molecule has 2 aromatic rings. The van der Waals surface area contributed by atoms with Gasteiger partial charge in [-0.3, -0.25) is 0 Å². The molecule has 0 fully saturated rings. The van der Waals surface area contributed by atoms with E-state index in [-0.39, 0.29) is 0 Å². The van der Waals surface area contributed by atoms with Gasteiger partial charge in [-0.2, -0.15) is 0 Å². The molecule has 96 valence electrons. The van der Waals surface area contributed by atoms with E-state index in [9.17, 15) is 5.11 Å². The highest BCUT2D eigenvalue weighted by Gasteiger charge is 2.10. The molecule has 1 aromatic carbocycles. The molecule has 2 rings (SSSR count). The molecule has 0 aliphatic rings. The number of benzene rings is 1. The maximum Gasteiger partial charge on any atom is 0.110 e. The van der Waals surface area contributed by atoms with Gasteiger partial charge in [-0.05, 0) is 31.7 Å². The third kappa shape index (κ3) is 2.56. The molecule has 2 N–H and O–H groups in total. The summed E-state index contributed by atoms with van der Waals surface area (Å²) in [4.78, 5) is 4.17. The van der Waals surface area contributed by atoms with Crippen LogP contribution in [-0.4, -0.2) is 28.3 Å². The van der Waals surface area contributed by atoms with Crippen molar-refractivity contribution in [1.82, 2.24) is 14.9 Å². The van der Waals surface area contributed by atoms with Crippen molar-refractivity contribution in [3.8, 4) is 5.69 Å². The normalized spacial score (nSPS) is 12.7. The van der Waals surface area contributed by atoms with E-state index in [2.05, 4.69) is 10.3 Å². The number of aliphatic hydroxyl groups is 1. The topological polar surface area (TPSA) is 50.1 Å². The number of hydrogen-bond donors (Lipinski definition) is 2. The third-order valence-corrected chi connectivity index (χ3v) is 3.14. The Hall–Kier alpha value is -1.36. The fourth-order valence-electron chi connectivity index (χ4n) is 1.87. The van der Waals surface area contributed by atoms with Gasteiger partial charge in [0.05, 0.1) is 16.8 Å². The van der Waals surface area contributed by atoms with Crippen molar-refractivity contribution in [1.29, 1.82) is 0 Å². The number of aryl methyl sites for hydroxylation is 1. The standard InChI is InChI=1S/C13H16ClN3O/c1-9-16-5-6-17(9)12-4-3-10(7-11(12)14)13(18)8-15-2/h3-7,13,15,18H,8H2,1-2H3. The van der Waals surface area contributed by atoms with Gasteiger partial charge in [0.25, 0.3) is 0 Å². The van der Waals surface area contributed by atoms with Gasteiger partial charge in [0.15, 0.2) is 0 Å². The third-order valence-electron chi connectivity index (χ3n) is 2.84. The molecule has 1 heterocycles. The number of nitrogens with zero attached hydrogens (tertiary/aromatic N) is 2. The Morgan fingerprint density at radius 2 is 2.28 bits per heavy atom. The molecule has 1 atom stereocenters. The highest BCUT2D eigenvalue weighted by atomic mass is 35.5. The van der Waals surface area contributed by atoms with E-state index >= 15 is 0 Å². The van der Waals surface area contributed by atoms with Gasteiger partial charge in [0.2, 0.25) is 0 Å². The number of rotatable bonds is 4. The Bertz CT molecular complexity index is 539. The van der Waals surface area contributed by atoms with Crippen LogP contribution in [0.25, 0.3) is 5.69 Å². The molecule has 4 nitrogen and oxygen atoms in total. The van der Waals surface area contributed by atoms with Crippen LogP contribution in [0.3, 0.4) is 0 Å². The fourth-order valence-corrected chi connectivity index (χ4v) is 2.15. The molecular formula is C13H16ClN3O. The molecule has 1 aromatic heterocycles. The number of hydrogen-bond acceptors (Lipinski definition) is 3. The summed E-state index contributed by atoms with van der Waals surface area (Å²) in [6.45, 7) is 2.42. The maximum atomic E-state index is 9.88. The van der Waals surface area contributed by atoms with Gasteiger partial charge >= 0.3 is 0 Å². The van der Waals surface area contributed by atoms with Crippen molar-refractivity contribution in [2.24, 2.45) is 0 Å². The highest BCUT2D eigenvalue weighted by Crippen LogP contribution is 2.25. The molecule has 0 amide bonds. The Morgan fingerprint density at radius 1 is 1.50 bits per heavy atom. The minimum absolute atomic E-state index is 0.500. The predicted octanol–water partition coefficient (Wildman–Crippen LogP) is 2.09. The van der Waals surface area contributed by atoms with Crippen LogP contribution >= 0.6 is 11.6 Å². The summed E-state index contributed by atoms with van der Waals surface area (Å²) in [5, 5.41) is 13.4. The van der Waals surface area contributed by atoms with E-state index < -0.39 is 6.10 Å². The van der Waals surface area contributed by atoms with Crippen LogP contribution in [0.2, 0.25) is 5.02 Å². The largest absolute Gasteiger partial charge is 0.387 e. The van der Waals surface area contributed by atoms with Crippen molar-refractivity contribution in [3.63, 3.8) is 0 Å². The molecule has 0 bridgehead atoms. The Labute approximate surface area is 111 Å². The Morgan fingerprint density at radius 3 is 2.83 bits per heavy atom. The van der Waals surface area contributed by atoms with Gasteiger partial charge in [-0.25, -0.2) is 4.98 Å². The molecule has 0 radical (unpaired) electrons. The lowest BCUT2D eigenvalue weighted by atomic mass is 10.1. The first-order valence-electron chi connectivity index (χ1n) is 5.76. The summed E-state index contributed by atoms with van der Waals surface area (Å²) in [7, 11) is 1.80. The van der Waals surface area contributed by atoms with E-state index in [1.165, 1.54) is 0 Å². The molecule has 0 aliphatic carbocycles. The van der Waals surface area contributed by atoms with Crippen LogP contribution in [0, 0.1) is 6.92 Å². The van der Waals surface area contributed by atoms with Crippen LogP contribution in [0.5, 0.6) is 0 Å². The van der Waals surface area contributed by atoms with Crippen molar-refractivity contribution < 1.29 is 5.11 Å². The number of halogens is 1. The predicted molar refractivity (Wildman–Crippen MR) is 72.2 cm³/mol. The van der Waals surface area contributed by atoms with Crippen LogP contribution in [0.1, 0.15) is 17.5 Å². The van der Waals surface area contributed by atoms with Crippen LogP contribution in [0.4, 0.5) is 0 Å². The summed E-state index contributed by atoms with van der Waals surface area (Å²) < 4.78 is 1.91. The average Bonchev–Trinajstić information content (AvgIpc) is 2.75. The van der Waals surface area contributed by atoms with Gasteiger partial charge in [0, 0.05) is 18.9 Å². The molecule has 1 unspecified atom stereocenters. The van der Waals surface area contributed by atoms with Gasteiger partial charge < -0.3 is 15.0 Å². The molecule has 5 heteroatoms. The zero-order valence-corrected chi connectivity index (χ0v) is 11.1. The second kappa shape index (κ2) is 5.52. The first-order chi connectivity index (χ1) is 8.63. The van der Waals surface area contributed by atoms with Gasteiger partial charge in [0.1, 0.15) is 5.82 Å². The lowest BCUT2D eigenvalue weighted by Crippen LogP contribution is -2.16. The smallest absolute Gasteiger partial charge is 0.110 e. The molecule has 0 spiro atoms. The SMILES string of the molecule is CNCC(O)c1ccc(-n2ccnc2C)c(Cl)c1. The van der Waals surface area contributed by atoms with E-state index in [1.807, 2.05) is 29.8 Å². The number of imidazole rings is 1. The number of aromatic nitrogens is 2. The molecular weight excluding hydrogens is 250 g/mol. The second-order valence-electron chi connectivity index (χ2n) is 4.13. The quantitative estimate of drug-likeness (QED) is 0.890. The van der Waals surface area contributed by atoms with E-state index in [0.717, 1.165) is 17.1 Å². The molecule has 18 heavy (non-hydrogen) atoms. The second-order valence-corrected chi connectivity index (χ2v) is 4.54. The fraction of sp³-hybridized carbons (Fsp3) is 0.308. The summed E-state index contributed by atoms with van der Waals surface area (Å²) in [6.07, 6.45) is 3.04. The minimum atomic E-state index is -0.551. The minimum Gasteiger partial charge on any atom is -0.387 e. The summed E-state index contributed by atoms with van der Waals surface area (Å²) in [6, 6.07) is 5.56. The molecule has 0 aliphatic heterocycles. The first kappa shape index (κ1) is 13.1. The van der Waals surface area contributed by atoms with Crippen LogP contribution < -0.4 is 5.32 Å². The summed E-state index contributed by atoms with van der Waals surface area (Å²) in [5.74, 6) is 0.875. The van der Waals surface area contributed by atoms with Gasteiger partial charge in [-0.1, -0.05) is 17.7 Å². The van der Waals surface area contributed by atoms with E-state index in [4.69, 9.17) is 11.6 Å². The van der Waals surface area contributed by atoms with Crippen LogP contribution in [-0.2, 0) is 0 Å². The molecule has 0 saturated carbocycles. The van der Waals surface area contributed by atoms with Crippen molar-refractivity contribution in [2.45, 2.75) is 13.0 Å². The van der Waals surface area contributed by atoms with Crippen molar-refractivity contribution in [3.05, 3.63) is 47.0 Å². The van der Waals surface area contributed by atoms with E-state index in [1.54, 1.807) is 19.3 Å². The summed E-state index contributed by atoms with van der Waals surface area (Å²) >= 11 is 6.26. The van der Waals surface area contributed by atoms with Crippen LogP contribution in [0.15, 0.2) is 30.6 Å². The lowest BCUT2D eigenvalue weighted by Gasteiger charge is -2.13. The van der Waals surface area contributed by atoms with Crippen molar-refractivity contribution >= 4 is 11.6 Å².